The van der Waals surface area contributed by atoms with Gasteiger partial charge in [-0.15, -0.1) is 0 Å². The average molecular weight is 384 g/mol. The molecule has 2 N–H and O–H groups in total. The van der Waals surface area contributed by atoms with Crippen LogP contribution in [0.15, 0.2) is 30.5 Å². The average Bonchev–Trinajstić information content (AvgIpc) is 3.13. The van der Waals surface area contributed by atoms with E-state index < -0.39 is 11.6 Å². The van der Waals surface area contributed by atoms with E-state index >= 15 is 0 Å². The number of imidazole rings is 1. The third kappa shape index (κ3) is 2.82. The third-order valence-electron chi connectivity index (χ3n) is 5.50. The maximum atomic E-state index is 14.2. The maximum Gasteiger partial charge on any atom is 0.189 e. The van der Waals surface area contributed by atoms with Gasteiger partial charge in [-0.05, 0) is 61.2 Å². The van der Waals surface area contributed by atoms with E-state index in [0.29, 0.717) is 11.2 Å². The van der Waals surface area contributed by atoms with Gasteiger partial charge in [0, 0.05) is 26.0 Å². The van der Waals surface area contributed by atoms with Crippen LogP contribution >= 0.6 is 0 Å². The second-order valence-electron chi connectivity index (χ2n) is 7.88. The number of halogens is 2. The Morgan fingerprint density at radius 1 is 1.36 bits per heavy atom. The number of aromatic nitrogens is 2. The fraction of sp³-hybridized carbons (Fsp3) is 0.333. The Bertz CT molecular complexity index is 1120. The van der Waals surface area contributed by atoms with E-state index in [2.05, 4.69) is 4.98 Å². The summed E-state index contributed by atoms with van der Waals surface area (Å²) >= 11 is 0. The van der Waals surface area contributed by atoms with Crippen LogP contribution in [0.3, 0.4) is 0 Å². The summed E-state index contributed by atoms with van der Waals surface area (Å²) in [4.78, 5) is 18.9. The Balaban J connectivity index is 1.87. The van der Waals surface area contributed by atoms with Gasteiger partial charge >= 0.3 is 0 Å². The topological polar surface area (TPSA) is 63.6 Å². The molecule has 4 rings (SSSR count). The second kappa shape index (κ2) is 6.02. The lowest BCUT2D eigenvalue weighted by molar-refractivity contribution is 0.0936. The number of nitrogens with zero attached hydrogens (tertiary/aromatic N) is 3. The van der Waals surface area contributed by atoms with Crippen LogP contribution in [-0.4, -0.2) is 34.9 Å². The summed E-state index contributed by atoms with van der Waals surface area (Å²) in [6.07, 6.45) is 1.90. The Morgan fingerprint density at radius 3 is 2.64 bits per heavy atom. The number of carbonyl (C=O) groups is 1. The Labute approximate surface area is 161 Å². The second-order valence-corrected chi connectivity index (χ2v) is 7.88. The number of benzene rings is 1. The van der Waals surface area contributed by atoms with Gasteiger partial charge in [-0.1, -0.05) is 0 Å². The van der Waals surface area contributed by atoms with Gasteiger partial charge in [-0.3, -0.25) is 9.20 Å². The number of alkyl halides is 1. The number of anilines is 2. The molecule has 2 aromatic heterocycles. The lowest BCUT2D eigenvalue weighted by atomic mass is 9.99. The molecule has 0 amide bonds. The molecule has 0 unspecified atom stereocenters. The van der Waals surface area contributed by atoms with Crippen molar-refractivity contribution in [3.63, 3.8) is 0 Å². The molecule has 0 bridgehead atoms. The largest absolute Gasteiger partial charge is 0.382 e. The highest BCUT2D eigenvalue weighted by molar-refractivity contribution is 6.03. The quantitative estimate of drug-likeness (QED) is 0.690. The van der Waals surface area contributed by atoms with Crippen LogP contribution in [0.1, 0.15) is 29.4 Å². The fourth-order valence-electron chi connectivity index (χ4n) is 3.77. The zero-order valence-electron chi connectivity index (χ0n) is 16.3. The zero-order valence-corrected chi connectivity index (χ0v) is 16.3. The van der Waals surface area contributed by atoms with E-state index in [1.54, 1.807) is 16.7 Å². The number of fused-ring (bicyclic) bond motifs is 1. The van der Waals surface area contributed by atoms with Crippen LogP contribution in [0.25, 0.3) is 16.8 Å². The van der Waals surface area contributed by atoms with Crippen LogP contribution in [-0.2, 0) is 0 Å². The predicted molar refractivity (Wildman–Crippen MR) is 106 cm³/mol. The molecule has 1 saturated carbocycles. The lowest BCUT2D eigenvalue weighted by Crippen LogP contribution is -2.13. The number of Topliss-reactive ketones (excluding diaryl/α,β-unsaturated/α-hetero) is 1. The van der Waals surface area contributed by atoms with Crippen molar-refractivity contribution in [2.45, 2.75) is 25.9 Å². The van der Waals surface area contributed by atoms with E-state index in [1.165, 1.54) is 19.1 Å². The Morgan fingerprint density at radius 2 is 2.04 bits per heavy atom. The highest BCUT2D eigenvalue weighted by Gasteiger charge is 2.56. The number of ketones is 1. The minimum absolute atomic E-state index is 0.0785. The molecular formula is C21H22F2N4O. The van der Waals surface area contributed by atoms with E-state index in [1.807, 2.05) is 32.0 Å². The molecule has 7 heteroatoms. The summed E-state index contributed by atoms with van der Waals surface area (Å²) in [5.41, 5.74) is 8.26. The summed E-state index contributed by atoms with van der Waals surface area (Å²) in [6.45, 7) is 3.33. The number of hydrogen-bond donors (Lipinski definition) is 1. The molecule has 28 heavy (non-hydrogen) atoms. The number of rotatable bonds is 4. The molecule has 1 fully saturated rings. The van der Waals surface area contributed by atoms with Gasteiger partial charge in [-0.2, -0.15) is 0 Å². The number of hydrogen-bond acceptors (Lipinski definition) is 4. The van der Waals surface area contributed by atoms with E-state index in [-0.39, 0.29) is 29.5 Å². The Hall–Kier alpha value is -2.96. The van der Waals surface area contributed by atoms with Gasteiger partial charge in [0.15, 0.2) is 11.6 Å². The monoisotopic (exact) mass is 384 g/mol. The van der Waals surface area contributed by atoms with Gasteiger partial charge in [0.25, 0.3) is 0 Å². The highest BCUT2D eigenvalue weighted by Crippen LogP contribution is 2.49. The number of carbonyl (C=O) groups excluding carboxylic acids is 1. The molecule has 0 aliphatic heterocycles. The lowest BCUT2D eigenvalue weighted by Gasteiger charge is -2.19. The van der Waals surface area contributed by atoms with Gasteiger partial charge in [0.2, 0.25) is 0 Å². The van der Waals surface area contributed by atoms with Crippen molar-refractivity contribution in [3.05, 3.63) is 47.5 Å². The molecule has 3 aromatic rings. The van der Waals surface area contributed by atoms with Gasteiger partial charge in [0.05, 0.1) is 5.92 Å². The van der Waals surface area contributed by atoms with E-state index in [9.17, 15) is 13.6 Å². The van der Waals surface area contributed by atoms with Gasteiger partial charge in [-0.25, -0.2) is 13.8 Å². The first-order chi connectivity index (χ1) is 13.1. The molecule has 1 aliphatic rings. The highest BCUT2D eigenvalue weighted by atomic mass is 19.1. The minimum atomic E-state index is -1.49. The number of nitrogen functional groups attached to an aromatic ring is 1. The molecule has 2 atom stereocenters. The molecule has 2 heterocycles. The van der Waals surface area contributed by atoms with Crippen molar-refractivity contribution >= 4 is 22.9 Å². The third-order valence-corrected chi connectivity index (χ3v) is 5.50. The number of pyridine rings is 1. The van der Waals surface area contributed by atoms with Gasteiger partial charge in [0.1, 0.15) is 22.8 Å². The van der Waals surface area contributed by atoms with Crippen molar-refractivity contribution in [1.82, 2.24) is 9.38 Å². The molecule has 5 nitrogen and oxygen atoms in total. The van der Waals surface area contributed by atoms with Crippen molar-refractivity contribution in [1.29, 1.82) is 0 Å². The SMILES string of the molecule is Cc1c(-c2ccc3nc(N)c(C(=O)[C@@H]4C[C@@]4(C)F)n3c2)cc(F)cc1N(C)C. The summed E-state index contributed by atoms with van der Waals surface area (Å²) < 4.78 is 29.9. The molecule has 0 spiro atoms. The first-order valence-corrected chi connectivity index (χ1v) is 9.08. The van der Waals surface area contributed by atoms with Crippen LogP contribution in [0, 0.1) is 18.7 Å². The molecular weight excluding hydrogens is 362 g/mol. The molecule has 1 aromatic carbocycles. The minimum Gasteiger partial charge on any atom is -0.382 e. The van der Waals surface area contributed by atoms with Crippen molar-refractivity contribution < 1.29 is 13.6 Å². The van der Waals surface area contributed by atoms with Crippen molar-refractivity contribution in [2.24, 2.45) is 5.92 Å². The summed E-state index contributed by atoms with van der Waals surface area (Å²) in [7, 11) is 3.71. The predicted octanol–water partition coefficient (Wildman–Crippen LogP) is 4.03. The number of nitrogens with two attached hydrogens (primary N) is 1. The first-order valence-electron chi connectivity index (χ1n) is 9.08. The van der Waals surface area contributed by atoms with E-state index in [4.69, 9.17) is 5.73 Å². The summed E-state index contributed by atoms with van der Waals surface area (Å²) in [5, 5.41) is 0. The molecule has 0 radical (unpaired) electrons. The van der Waals surface area contributed by atoms with Crippen LogP contribution in [0.4, 0.5) is 20.3 Å². The van der Waals surface area contributed by atoms with Crippen LogP contribution < -0.4 is 10.6 Å². The smallest absolute Gasteiger partial charge is 0.189 e. The first kappa shape index (κ1) is 18.4. The van der Waals surface area contributed by atoms with Gasteiger partial charge < -0.3 is 10.6 Å². The normalized spacial score (nSPS) is 21.1. The van der Waals surface area contributed by atoms with E-state index in [0.717, 1.165) is 16.8 Å². The standard InChI is InChI=1S/C21H22F2N4O/c1-11-14(7-13(22)8-16(11)26(3)4)12-5-6-17-25-20(24)18(27(17)10-12)19(28)15-9-21(15,2)23/h5-8,10,15H,9,24H2,1-4H3/t15-,21+/m0/s1. The summed E-state index contributed by atoms with van der Waals surface area (Å²) in [6, 6.07) is 6.48. The van der Waals surface area contributed by atoms with Crippen molar-refractivity contribution in [2.75, 3.05) is 24.7 Å². The van der Waals surface area contributed by atoms with Crippen LogP contribution in [0.5, 0.6) is 0 Å². The van der Waals surface area contributed by atoms with Crippen molar-refractivity contribution in [3.8, 4) is 11.1 Å². The summed E-state index contributed by atoms with van der Waals surface area (Å²) in [5.74, 6) is -1.32. The molecule has 1 aliphatic carbocycles. The zero-order chi connectivity index (χ0) is 20.4. The Kier molecular flexibility index (Phi) is 3.96. The van der Waals surface area contributed by atoms with Crippen LogP contribution in [0.2, 0.25) is 0 Å². The maximum absolute atomic E-state index is 14.2. The molecule has 146 valence electrons. The fourth-order valence-corrected chi connectivity index (χ4v) is 3.77. The molecule has 0 saturated heterocycles.